The Morgan fingerprint density at radius 3 is 2.62 bits per heavy atom. The summed E-state index contributed by atoms with van der Waals surface area (Å²) in [5.74, 6) is 0.912. The molecular weight excluding hydrogens is 210 g/mol. The van der Waals surface area contributed by atoms with E-state index >= 15 is 0 Å². The summed E-state index contributed by atoms with van der Waals surface area (Å²) in [6.45, 7) is 2.08. The van der Waals surface area contributed by atoms with Gasteiger partial charge in [-0.3, -0.25) is 14.5 Å². The lowest BCUT2D eigenvalue weighted by molar-refractivity contribution is -0.149. The number of hydrogen-bond donors (Lipinski definition) is 1. The Kier molecular flexibility index (Phi) is 6.97. The summed E-state index contributed by atoms with van der Waals surface area (Å²) in [4.78, 5) is 23.6. The minimum atomic E-state index is -0.890. The highest BCUT2D eigenvalue weighted by atomic mass is 16.5. The smallest absolute Gasteiger partial charge is 0.324 e. The number of hydrogen-bond acceptors (Lipinski definition) is 4. The third-order valence-corrected chi connectivity index (χ3v) is 2.17. The normalized spacial score (nSPS) is 11.9. The molecule has 1 unspecified atom stereocenters. The molecule has 0 aliphatic heterocycles. The number of terminal acetylenes is 1. The quantitative estimate of drug-likeness (QED) is 0.502. The number of carbonyl (C=O) groups is 2. The van der Waals surface area contributed by atoms with E-state index in [1.165, 1.54) is 0 Å². The van der Waals surface area contributed by atoms with Crippen molar-refractivity contribution in [1.82, 2.24) is 4.90 Å². The van der Waals surface area contributed by atoms with Gasteiger partial charge in [0.15, 0.2) is 6.61 Å². The lowest BCUT2D eigenvalue weighted by Gasteiger charge is -2.24. The van der Waals surface area contributed by atoms with E-state index in [-0.39, 0.29) is 13.0 Å². The molecule has 0 fully saturated rings. The van der Waals surface area contributed by atoms with Gasteiger partial charge in [-0.25, -0.2) is 0 Å². The van der Waals surface area contributed by atoms with E-state index in [0.717, 1.165) is 0 Å². The minimum absolute atomic E-state index is 0.00454. The fraction of sp³-hybridized carbons (Fsp3) is 0.636. The molecule has 0 saturated heterocycles. The SMILES string of the molecule is C#CCOC(=O)C(CC)N(C)CCC(=O)O. The van der Waals surface area contributed by atoms with E-state index in [4.69, 9.17) is 16.3 Å². The summed E-state index contributed by atoms with van der Waals surface area (Å²) >= 11 is 0. The molecule has 0 heterocycles. The third-order valence-electron chi connectivity index (χ3n) is 2.17. The summed E-state index contributed by atoms with van der Waals surface area (Å²) in [6, 6.07) is -0.437. The molecule has 5 heteroatoms. The molecule has 0 aliphatic carbocycles. The van der Waals surface area contributed by atoms with Crippen molar-refractivity contribution in [2.45, 2.75) is 25.8 Å². The van der Waals surface area contributed by atoms with Gasteiger partial charge in [-0.05, 0) is 13.5 Å². The van der Waals surface area contributed by atoms with E-state index in [1.807, 2.05) is 6.92 Å². The van der Waals surface area contributed by atoms with Crippen LogP contribution in [0.15, 0.2) is 0 Å². The summed E-state index contributed by atoms with van der Waals surface area (Å²) in [5, 5.41) is 8.53. The first-order valence-electron chi connectivity index (χ1n) is 5.05. The van der Waals surface area contributed by atoms with Gasteiger partial charge in [0.25, 0.3) is 0 Å². The number of esters is 1. The van der Waals surface area contributed by atoms with Gasteiger partial charge >= 0.3 is 11.9 Å². The van der Waals surface area contributed by atoms with Crippen molar-refractivity contribution in [2.75, 3.05) is 20.2 Å². The molecular formula is C11H17NO4. The van der Waals surface area contributed by atoms with Crippen LogP contribution in [-0.4, -0.2) is 48.2 Å². The second kappa shape index (κ2) is 7.71. The highest BCUT2D eigenvalue weighted by molar-refractivity contribution is 5.76. The number of carbonyl (C=O) groups excluding carboxylic acids is 1. The number of nitrogens with zero attached hydrogens (tertiary/aromatic N) is 1. The van der Waals surface area contributed by atoms with Crippen molar-refractivity contribution in [3.63, 3.8) is 0 Å². The molecule has 0 amide bonds. The minimum Gasteiger partial charge on any atom is -0.481 e. The van der Waals surface area contributed by atoms with E-state index in [1.54, 1.807) is 11.9 Å². The first-order valence-corrected chi connectivity index (χ1v) is 5.05. The van der Waals surface area contributed by atoms with E-state index in [2.05, 4.69) is 5.92 Å². The zero-order chi connectivity index (χ0) is 12.6. The van der Waals surface area contributed by atoms with Gasteiger partial charge in [-0.2, -0.15) is 0 Å². The zero-order valence-electron chi connectivity index (χ0n) is 9.60. The average Bonchev–Trinajstić information content (AvgIpc) is 2.24. The maximum absolute atomic E-state index is 11.5. The molecule has 0 spiro atoms. The molecule has 1 N–H and O–H groups in total. The number of rotatable bonds is 7. The van der Waals surface area contributed by atoms with Gasteiger partial charge < -0.3 is 9.84 Å². The van der Waals surface area contributed by atoms with Gasteiger partial charge in [0.05, 0.1) is 6.42 Å². The van der Waals surface area contributed by atoms with Gasteiger partial charge in [0, 0.05) is 6.54 Å². The van der Waals surface area contributed by atoms with Gasteiger partial charge in [0.1, 0.15) is 6.04 Å². The highest BCUT2D eigenvalue weighted by Gasteiger charge is 2.22. The van der Waals surface area contributed by atoms with Crippen molar-refractivity contribution < 1.29 is 19.4 Å². The molecule has 0 aromatic carbocycles. The zero-order valence-corrected chi connectivity index (χ0v) is 9.60. The molecule has 0 radical (unpaired) electrons. The molecule has 5 nitrogen and oxygen atoms in total. The lowest BCUT2D eigenvalue weighted by Crippen LogP contribution is -2.40. The number of aliphatic carboxylic acids is 1. The molecule has 1 atom stereocenters. The van der Waals surface area contributed by atoms with Crippen molar-refractivity contribution >= 4 is 11.9 Å². The van der Waals surface area contributed by atoms with E-state index < -0.39 is 18.0 Å². The Hall–Kier alpha value is -1.54. The van der Waals surface area contributed by atoms with Crippen molar-refractivity contribution in [3.05, 3.63) is 0 Å². The largest absolute Gasteiger partial charge is 0.481 e. The topological polar surface area (TPSA) is 66.8 Å². The molecule has 0 aliphatic rings. The van der Waals surface area contributed by atoms with Gasteiger partial charge in [-0.15, -0.1) is 6.42 Å². The Morgan fingerprint density at radius 2 is 2.19 bits per heavy atom. The van der Waals surface area contributed by atoms with Crippen LogP contribution in [0.3, 0.4) is 0 Å². The van der Waals surface area contributed by atoms with Crippen molar-refractivity contribution in [1.29, 1.82) is 0 Å². The standard InChI is InChI=1S/C11H17NO4/c1-4-8-16-11(15)9(5-2)12(3)7-6-10(13)14/h1,9H,5-8H2,2-3H3,(H,13,14). The molecule has 16 heavy (non-hydrogen) atoms. The molecule has 0 aromatic heterocycles. The molecule has 0 bridgehead atoms. The Bertz CT molecular complexity index is 282. The first-order chi connectivity index (χ1) is 7.52. The van der Waals surface area contributed by atoms with Crippen LogP contribution in [0, 0.1) is 12.3 Å². The molecule has 0 aromatic rings. The maximum Gasteiger partial charge on any atom is 0.324 e. The van der Waals surface area contributed by atoms with Crippen molar-refractivity contribution in [2.24, 2.45) is 0 Å². The van der Waals surface area contributed by atoms with Crippen LogP contribution in [0.1, 0.15) is 19.8 Å². The van der Waals surface area contributed by atoms with Crippen LogP contribution in [0.5, 0.6) is 0 Å². The maximum atomic E-state index is 11.5. The summed E-state index contributed by atoms with van der Waals surface area (Å²) in [7, 11) is 1.69. The van der Waals surface area contributed by atoms with E-state index in [0.29, 0.717) is 13.0 Å². The number of likely N-dealkylation sites (N-methyl/N-ethyl adjacent to an activating group) is 1. The van der Waals surface area contributed by atoms with Crippen LogP contribution in [0.25, 0.3) is 0 Å². The summed E-state index contributed by atoms with van der Waals surface area (Å²) < 4.78 is 4.81. The second-order valence-corrected chi connectivity index (χ2v) is 3.36. The Morgan fingerprint density at radius 1 is 1.56 bits per heavy atom. The monoisotopic (exact) mass is 227 g/mol. The van der Waals surface area contributed by atoms with E-state index in [9.17, 15) is 9.59 Å². The number of ether oxygens (including phenoxy) is 1. The molecule has 90 valence electrons. The predicted molar refractivity (Wildman–Crippen MR) is 58.8 cm³/mol. The third kappa shape index (κ3) is 5.37. The predicted octanol–water partition coefficient (Wildman–Crippen LogP) is 0.348. The summed E-state index contributed by atoms with van der Waals surface area (Å²) in [6.07, 6.45) is 5.52. The van der Waals surface area contributed by atoms with Crippen LogP contribution < -0.4 is 0 Å². The fourth-order valence-electron chi connectivity index (χ4n) is 1.30. The van der Waals surface area contributed by atoms with Crippen LogP contribution in [-0.2, 0) is 14.3 Å². The van der Waals surface area contributed by atoms with Crippen LogP contribution in [0.4, 0.5) is 0 Å². The Balaban J connectivity index is 4.20. The van der Waals surface area contributed by atoms with Crippen LogP contribution in [0.2, 0.25) is 0 Å². The Labute approximate surface area is 95.4 Å². The fourth-order valence-corrected chi connectivity index (χ4v) is 1.30. The second-order valence-electron chi connectivity index (χ2n) is 3.36. The molecule has 0 saturated carbocycles. The average molecular weight is 227 g/mol. The van der Waals surface area contributed by atoms with Gasteiger partial charge in [-0.1, -0.05) is 12.8 Å². The molecule has 0 rings (SSSR count). The number of carboxylic acids is 1. The van der Waals surface area contributed by atoms with Crippen LogP contribution >= 0.6 is 0 Å². The number of carboxylic acid groups (broad SMARTS) is 1. The lowest BCUT2D eigenvalue weighted by atomic mass is 10.2. The summed E-state index contributed by atoms with van der Waals surface area (Å²) in [5.41, 5.74) is 0. The van der Waals surface area contributed by atoms with Crippen molar-refractivity contribution in [3.8, 4) is 12.3 Å². The first kappa shape index (κ1) is 14.5. The highest BCUT2D eigenvalue weighted by Crippen LogP contribution is 2.05. The van der Waals surface area contributed by atoms with Gasteiger partial charge in [0.2, 0.25) is 0 Å².